The molecular weight excluding hydrogens is 270 g/mol. The van der Waals surface area contributed by atoms with Crippen molar-refractivity contribution in [3.8, 4) is 0 Å². The van der Waals surface area contributed by atoms with Crippen LogP contribution in [0.2, 0.25) is 0 Å². The third-order valence-corrected chi connectivity index (χ3v) is 3.53. The van der Waals surface area contributed by atoms with Gasteiger partial charge >= 0.3 is 5.97 Å². The number of pyridine rings is 1. The van der Waals surface area contributed by atoms with Crippen molar-refractivity contribution in [3.05, 3.63) is 46.2 Å². The monoisotopic (exact) mass is 289 g/mol. The molecule has 0 amide bonds. The lowest BCUT2D eigenvalue weighted by Gasteiger charge is -2.12. The summed E-state index contributed by atoms with van der Waals surface area (Å²) in [7, 11) is 0. The Morgan fingerprint density at radius 1 is 1.10 bits per heavy atom. The zero-order chi connectivity index (χ0) is 15.2. The Balaban J connectivity index is 2.31. The first-order valence-electron chi connectivity index (χ1n) is 7.11. The van der Waals surface area contributed by atoms with Gasteiger partial charge < -0.3 is 14.8 Å². The summed E-state index contributed by atoms with van der Waals surface area (Å²) in [6.07, 6.45) is 5.00. The molecule has 0 atom stereocenters. The van der Waals surface area contributed by atoms with Crippen molar-refractivity contribution in [2.45, 2.75) is 32.2 Å². The minimum Gasteiger partial charge on any atom is -0.477 e. The molecule has 0 fully saturated rings. The fourth-order valence-corrected chi connectivity index (χ4v) is 2.43. The van der Waals surface area contributed by atoms with Crippen LogP contribution < -0.4 is 5.43 Å². The molecule has 0 bridgehead atoms. The Kier molecular flexibility index (Phi) is 5.11. The molecule has 5 heteroatoms. The van der Waals surface area contributed by atoms with Gasteiger partial charge in [-0.15, -0.1) is 0 Å². The van der Waals surface area contributed by atoms with Crippen LogP contribution in [0.15, 0.2) is 35.3 Å². The summed E-state index contributed by atoms with van der Waals surface area (Å²) in [6.45, 7) is 0.858. The van der Waals surface area contributed by atoms with E-state index in [4.69, 9.17) is 10.2 Å². The van der Waals surface area contributed by atoms with E-state index in [1.54, 1.807) is 12.1 Å². The van der Waals surface area contributed by atoms with Gasteiger partial charge in [-0.1, -0.05) is 25.0 Å². The van der Waals surface area contributed by atoms with Crippen LogP contribution in [0.1, 0.15) is 36.0 Å². The molecule has 21 heavy (non-hydrogen) atoms. The van der Waals surface area contributed by atoms with Gasteiger partial charge in [0.25, 0.3) is 0 Å². The highest BCUT2D eigenvalue weighted by Crippen LogP contribution is 2.13. The second kappa shape index (κ2) is 7.04. The third-order valence-electron chi connectivity index (χ3n) is 3.53. The molecule has 2 aromatic rings. The molecule has 0 spiro atoms. The average molecular weight is 289 g/mol. The number of hydrogen-bond donors (Lipinski definition) is 2. The van der Waals surface area contributed by atoms with Gasteiger partial charge in [0.2, 0.25) is 5.43 Å². The number of rotatable bonds is 7. The van der Waals surface area contributed by atoms with E-state index in [0.717, 1.165) is 31.2 Å². The van der Waals surface area contributed by atoms with Crippen molar-refractivity contribution in [2.24, 2.45) is 0 Å². The highest BCUT2D eigenvalue weighted by atomic mass is 16.4. The zero-order valence-electron chi connectivity index (χ0n) is 11.8. The SMILES string of the molecule is O=C(O)c1cn(CCCCCCO)c2ccccc2c1=O. The molecule has 2 rings (SSSR count). The maximum atomic E-state index is 12.1. The molecule has 1 aromatic carbocycles. The number of hydrogen-bond acceptors (Lipinski definition) is 3. The molecule has 0 aliphatic carbocycles. The number of para-hydroxylation sites is 1. The summed E-state index contributed by atoms with van der Waals surface area (Å²) in [4.78, 5) is 23.3. The lowest BCUT2D eigenvalue weighted by atomic mass is 10.1. The summed E-state index contributed by atoms with van der Waals surface area (Å²) in [5.74, 6) is -1.19. The second-order valence-corrected chi connectivity index (χ2v) is 5.03. The Hall–Kier alpha value is -2.14. The number of fused-ring (bicyclic) bond motifs is 1. The first-order valence-corrected chi connectivity index (χ1v) is 7.11. The maximum absolute atomic E-state index is 12.1. The van der Waals surface area contributed by atoms with E-state index in [1.165, 1.54) is 6.20 Å². The van der Waals surface area contributed by atoms with Crippen molar-refractivity contribution in [1.82, 2.24) is 4.57 Å². The van der Waals surface area contributed by atoms with Crippen molar-refractivity contribution < 1.29 is 15.0 Å². The number of unbranched alkanes of at least 4 members (excludes halogenated alkanes) is 3. The summed E-state index contributed by atoms with van der Waals surface area (Å²) in [6, 6.07) is 7.06. The van der Waals surface area contributed by atoms with Gasteiger partial charge in [0.05, 0.1) is 5.52 Å². The largest absolute Gasteiger partial charge is 0.477 e. The molecule has 0 aliphatic rings. The number of aliphatic hydroxyl groups is 1. The number of aromatic nitrogens is 1. The van der Waals surface area contributed by atoms with Crippen LogP contribution in [-0.4, -0.2) is 27.4 Å². The minimum atomic E-state index is -1.19. The lowest BCUT2D eigenvalue weighted by Crippen LogP contribution is -2.19. The predicted octanol–water partition coefficient (Wildman–Crippen LogP) is 2.25. The van der Waals surface area contributed by atoms with Crippen molar-refractivity contribution >= 4 is 16.9 Å². The van der Waals surface area contributed by atoms with Gasteiger partial charge in [-0.25, -0.2) is 4.79 Å². The number of aliphatic hydroxyl groups excluding tert-OH is 1. The first kappa shape index (κ1) is 15.3. The molecular formula is C16H19NO4. The van der Waals surface area contributed by atoms with Crippen molar-refractivity contribution in [2.75, 3.05) is 6.61 Å². The Morgan fingerprint density at radius 3 is 2.52 bits per heavy atom. The number of carboxylic acids is 1. The van der Waals surface area contributed by atoms with Crippen LogP contribution in [0.5, 0.6) is 0 Å². The van der Waals surface area contributed by atoms with E-state index >= 15 is 0 Å². The van der Waals surface area contributed by atoms with Gasteiger partial charge in [-0.2, -0.15) is 0 Å². The normalized spacial score (nSPS) is 10.9. The van der Waals surface area contributed by atoms with Gasteiger partial charge in [0.1, 0.15) is 5.56 Å². The van der Waals surface area contributed by atoms with Crippen LogP contribution in [0.3, 0.4) is 0 Å². The second-order valence-electron chi connectivity index (χ2n) is 5.03. The Morgan fingerprint density at radius 2 is 1.81 bits per heavy atom. The van der Waals surface area contributed by atoms with E-state index < -0.39 is 11.4 Å². The van der Waals surface area contributed by atoms with Crippen molar-refractivity contribution in [1.29, 1.82) is 0 Å². The number of carboxylic acid groups (broad SMARTS) is 1. The Labute approximate surface area is 122 Å². The van der Waals surface area contributed by atoms with E-state index in [2.05, 4.69) is 0 Å². The predicted molar refractivity (Wildman–Crippen MR) is 80.7 cm³/mol. The summed E-state index contributed by atoms with van der Waals surface area (Å²) >= 11 is 0. The molecule has 0 aliphatic heterocycles. The molecule has 112 valence electrons. The van der Waals surface area contributed by atoms with Crippen molar-refractivity contribution in [3.63, 3.8) is 0 Å². The number of aromatic carboxylic acids is 1. The third kappa shape index (κ3) is 3.49. The van der Waals surface area contributed by atoms with Gasteiger partial charge in [-0.05, 0) is 25.0 Å². The van der Waals surface area contributed by atoms with Crippen LogP contribution in [0, 0.1) is 0 Å². The minimum absolute atomic E-state index is 0.191. The molecule has 0 saturated heterocycles. The smallest absolute Gasteiger partial charge is 0.341 e. The standard InChI is InChI=1S/C16H19NO4/c18-10-6-2-1-5-9-17-11-13(16(20)21)15(19)12-7-3-4-8-14(12)17/h3-4,7-8,11,18H,1-2,5-6,9-10H2,(H,20,21). The van der Waals surface area contributed by atoms with Crippen LogP contribution >= 0.6 is 0 Å². The molecule has 0 radical (unpaired) electrons. The zero-order valence-corrected chi connectivity index (χ0v) is 11.8. The highest BCUT2D eigenvalue weighted by molar-refractivity contribution is 5.92. The van der Waals surface area contributed by atoms with Crippen LogP contribution in [0.25, 0.3) is 10.9 Å². The van der Waals surface area contributed by atoms with Gasteiger partial charge in [-0.3, -0.25) is 4.79 Å². The molecule has 0 unspecified atom stereocenters. The lowest BCUT2D eigenvalue weighted by molar-refractivity contribution is 0.0695. The topological polar surface area (TPSA) is 79.5 Å². The average Bonchev–Trinajstić information content (AvgIpc) is 2.49. The molecule has 5 nitrogen and oxygen atoms in total. The number of aryl methyl sites for hydroxylation is 1. The van der Waals surface area contributed by atoms with Gasteiger partial charge in [0.15, 0.2) is 0 Å². The van der Waals surface area contributed by atoms with E-state index in [-0.39, 0.29) is 12.2 Å². The summed E-state index contributed by atoms with van der Waals surface area (Å²) in [5, 5.41) is 18.3. The number of carbonyl (C=O) groups is 1. The number of nitrogens with zero attached hydrogens (tertiary/aromatic N) is 1. The van der Waals surface area contributed by atoms with Crippen LogP contribution in [-0.2, 0) is 6.54 Å². The van der Waals surface area contributed by atoms with E-state index in [9.17, 15) is 9.59 Å². The number of benzene rings is 1. The fraction of sp³-hybridized carbons (Fsp3) is 0.375. The summed E-state index contributed by atoms with van der Waals surface area (Å²) < 4.78 is 1.83. The first-order chi connectivity index (χ1) is 10.1. The molecule has 1 heterocycles. The maximum Gasteiger partial charge on any atom is 0.341 e. The highest BCUT2D eigenvalue weighted by Gasteiger charge is 2.13. The molecule has 2 N–H and O–H groups in total. The summed E-state index contributed by atoms with van der Waals surface area (Å²) in [5.41, 5.74) is 0.133. The molecule has 0 saturated carbocycles. The Bertz CT molecular complexity index is 690. The molecule has 1 aromatic heterocycles. The van der Waals surface area contributed by atoms with Gasteiger partial charge in [0, 0.05) is 24.7 Å². The van der Waals surface area contributed by atoms with Crippen LogP contribution in [0.4, 0.5) is 0 Å². The van der Waals surface area contributed by atoms with E-state index in [1.807, 2.05) is 16.7 Å². The fourth-order valence-electron chi connectivity index (χ4n) is 2.43. The quantitative estimate of drug-likeness (QED) is 0.766. The van der Waals surface area contributed by atoms with E-state index in [0.29, 0.717) is 11.9 Å².